The van der Waals surface area contributed by atoms with E-state index in [0.29, 0.717) is 18.1 Å². The summed E-state index contributed by atoms with van der Waals surface area (Å²) in [6.45, 7) is 27.0. The minimum absolute atomic E-state index is 0.0103. The Labute approximate surface area is 821 Å². The highest BCUT2D eigenvalue weighted by Crippen LogP contribution is 2.27. The predicted octanol–water partition coefficient (Wildman–Crippen LogP) is 8.13. The minimum atomic E-state index is -2.14. The number of nitrogens with one attached hydrogen (secondary N) is 9. The van der Waals surface area contributed by atoms with Crippen molar-refractivity contribution in [1.29, 1.82) is 0 Å². The van der Waals surface area contributed by atoms with E-state index in [4.69, 9.17) is 178 Å². The van der Waals surface area contributed by atoms with Gasteiger partial charge in [-0.25, -0.2) is 0 Å². The van der Waals surface area contributed by atoms with Crippen LogP contribution in [-0.4, -0.2) is 305 Å². The van der Waals surface area contributed by atoms with Crippen molar-refractivity contribution in [3.63, 3.8) is 0 Å². The first kappa shape index (κ1) is 138. The number of carbonyl (C=O) groups is 5. The number of halogens is 8. The summed E-state index contributed by atoms with van der Waals surface area (Å²) in [4.78, 5) is 101. The zero-order valence-corrected chi connectivity index (χ0v) is 83.4. The van der Waals surface area contributed by atoms with Gasteiger partial charge in [-0.15, -0.1) is 52.6 Å². The van der Waals surface area contributed by atoms with Gasteiger partial charge in [0, 0.05) is 39.1 Å². The van der Waals surface area contributed by atoms with Crippen molar-refractivity contribution >= 4 is 182 Å². The van der Waals surface area contributed by atoms with E-state index in [1.54, 1.807) is 0 Å². The first-order valence-electron chi connectivity index (χ1n) is 39.5. The van der Waals surface area contributed by atoms with Crippen LogP contribution in [0.2, 0.25) is 0 Å². The van der Waals surface area contributed by atoms with Gasteiger partial charge in [0.25, 0.3) is 41.4 Å². The lowest BCUT2D eigenvalue weighted by molar-refractivity contribution is -0.448. The molecule has 0 fully saturated rings. The Morgan fingerprint density at radius 2 is 0.537 bits per heavy atom. The van der Waals surface area contributed by atoms with E-state index in [-0.39, 0.29) is 132 Å². The Bertz CT molecular complexity index is 3040. The third kappa shape index (κ3) is 76.9. The maximum absolute atomic E-state index is 15.0. The molecule has 0 radical (unpaired) electrons. The van der Waals surface area contributed by atoms with Gasteiger partial charge in [-0.05, 0) is 228 Å². The van der Waals surface area contributed by atoms with Crippen LogP contribution in [0.15, 0.2) is 52.6 Å². The molecule has 134 heavy (non-hydrogen) atoms. The van der Waals surface area contributed by atoms with Crippen molar-refractivity contribution in [1.82, 2.24) is 47.9 Å². The average Bonchev–Trinajstić information content (AvgIpc) is 0.841. The number of amides is 1. The summed E-state index contributed by atoms with van der Waals surface area (Å²) in [7, 11) is 0. The second-order valence-electron chi connectivity index (χ2n) is 26.8. The molecule has 9 N–H and O–H groups in total. The molecule has 6 atom stereocenters. The number of rotatable bonds is 71. The van der Waals surface area contributed by atoms with Crippen molar-refractivity contribution in [3.8, 4) is 0 Å². The van der Waals surface area contributed by atoms with Crippen LogP contribution in [0.1, 0.15) is 82.1 Å². The van der Waals surface area contributed by atoms with Gasteiger partial charge in [-0.1, -0.05) is 13.8 Å². The van der Waals surface area contributed by atoms with E-state index >= 15 is 4.79 Å². The Hall–Kier alpha value is -7.06. The van der Waals surface area contributed by atoms with Crippen LogP contribution in [0.4, 0.5) is 36.2 Å². The number of ether oxygens (including phenoxy) is 17. The molecule has 0 spiro atoms. The maximum atomic E-state index is 15.0. The molecule has 0 aromatic carbocycles. The lowest BCUT2D eigenvalue weighted by Gasteiger charge is -2.32. The Balaban J connectivity index is -0.00000196. The molecule has 0 aliphatic carbocycles. The van der Waals surface area contributed by atoms with Crippen molar-refractivity contribution in [2.24, 2.45) is 27.6 Å². The van der Waals surface area contributed by atoms with Crippen LogP contribution in [0.25, 0.3) is 0 Å². The number of hydrogen-bond donors (Lipinski definition) is 10. The fourth-order valence-electron chi connectivity index (χ4n) is 7.98. The largest absolute Gasteiger partial charge is 0.470 e. The molecule has 0 aliphatic rings. The van der Waals surface area contributed by atoms with Gasteiger partial charge in [0.15, 0.2) is 37.1 Å². The van der Waals surface area contributed by atoms with Crippen LogP contribution >= 0.6 is 110 Å². The molecule has 0 saturated carbocycles. The standard InChI is InChI=1S/C58H94F8N8O33S8.C8H17NOS.4C2H4/c1-37(100-104-63)71-51(112)90-31-56(6,32-91-52(113)72-38(2)101-105-64)44(76)85-28-42(99-46(78)58(8,35-92-53(114)73-39(3)102-106-65)36-93-54(115)74-40(4)103-107-66)26-83-25-41(98-45(77)57(7,33-88-49(110)69-11-15-81-19-23-96-61)34-89-50(111)70-12-16-82-20-24-97-62)27-84-43(75)55(5,29-86-47(108)67-9-13-79-17-21-94-59)30-87-48(109)68-10-14-80-18-22-95-60;1-7(2)3-5-9-8(10)4-6-11;4*1-2/h37-42H,9-36H2,1-8H3,(H,67,108)(H,68,109)(H,69,110)(H,70,111)(H,71,112)(H,72,113)(H,73,114)(H,74,115);7,11H,3-6H2,1-2H3,(H,9,10);4*1-2H2. The van der Waals surface area contributed by atoms with E-state index in [9.17, 15) is 55.4 Å². The zero-order chi connectivity index (χ0) is 103. The molecule has 0 aliphatic heterocycles. The number of esters is 4. The number of thiocarbonyl (C=S) groups is 8. The molecule has 0 rings (SSSR count). The van der Waals surface area contributed by atoms with Crippen LogP contribution in [0.3, 0.4) is 0 Å². The topological polar surface area (TPSA) is 461 Å². The molecule has 0 bridgehead atoms. The molecular formula is C74H127F8N9O34S9. The molecule has 60 heteroatoms. The van der Waals surface area contributed by atoms with Crippen LogP contribution in [0, 0.1) is 27.6 Å². The first-order chi connectivity index (χ1) is 63.9. The summed E-state index contributed by atoms with van der Waals surface area (Å²) in [5.41, 5.74) is -8.16. The zero-order valence-electron chi connectivity index (χ0n) is 75.9. The van der Waals surface area contributed by atoms with Gasteiger partial charge in [-0.3, -0.25) is 24.0 Å². The number of hydrogen-bond acceptors (Lipinski definition) is 43. The predicted molar refractivity (Wildman–Crippen MR) is 496 cm³/mol. The van der Waals surface area contributed by atoms with E-state index < -0.39 is 183 Å². The molecular weight excluding hydrogens is 2000 g/mol. The third-order valence-electron chi connectivity index (χ3n) is 14.8. The normalized spacial score (nSPS) is 12.9. The summed E-state index contributed by atoms with van der Waals surface area (Å²) in [5, 5.41) is 32.6. The lowest BCUT2D eigenvalue weighted by Crippen LogP contribution is -2.47. The summed E-state index contributed by atoms with van der Waals surface area (Å²) < 4.78 is 196. The van der Waals surface area contributed by atoms with Gasteiger partial charge in [0.1, 0.15) is 114 Å². The fourth-order valence-corrected chi connectivity index (χ4v) is 9.73. The van der Waals surface area contributed by atoms with Gasteiger partial charge in [0.2, 0.25) is 5.91 Å². The number of carbonyl (C=O) groups excluding carboxylic acids is 5. The second kappa shape index (κ2) is 91.1. The summed E-state index contributed by atoms with van der Waals surface area (Å²) in [6.07, 6.45) is -7.34. The molecule has 0 aromatic rings. The Morgan fingerprint density at radius 1 is 0.306 bits per heavy atom. The molecule has 0 saturated heterocycles. The monoisotopic (exact) mass is 2130 g/mol. The van der Waals surface area contributed by atoms with Crippen LogP contribution in [-0.2, 0) is 164 Å². The highest BCUT2D eigenvalue weighted by Gasteiger charge is 2.45. The van der Waals surface area contributed by atoms with Crippen molar-refractivity contribution < 1.29 is 200 Å². The summed E-state index contributed by atoms with van der Waals surface area (Å²) in [5.74, 6) is -3.60. The number of thiol groups is 1. The van der Waals surface area contributed by atoms with Crippen molar-refractivity contribution in [2.45, 2.75) is 119 Å². The lowest BCUT2D eigenvalue weighted by atomic mass is 9.93. The minimum Gasteiger partial charge on any atom is -0.470 e. The smallest absolute Gasteiger partial charge is 0.319 e. The SMILES string of the molecule is C=C.C=C.C=C.C=C.CC(C)CCNC(=O)CCS.CC(NC(=S)OCC(C)(COC(=S)NC(C)OOF)C(=O)OCC(COCC(COC(=O)C(C)(COC(=S)NCCOCCOF)COC(=S)NCCOCCOF)OC(=O)C(C)(COC(=S)NCCOCCOF)COC(=S)NCCOCCOF)OC(=O)C(C)(COC(=S)NC(C)OOF)COC(=S)NC(C)OOF)OOF. The van der Waals surface area contributed by atoms with Crippen molar-refractivity contribution in [2.75, 3.05) is 197 Å². The van der Waals surface area contributed by atoms with Crippen molar-refractivity contribution in [3.05, 3.63) is 52.6 Å². The molecule has 1 amide bonds. The average molecular weight is 2130 g/mol. The Morgan fingerprint density at radius 3 is 0.754 bits per heavy atom. The van der Waals surface area contributed by atoms with Gasteiger partial charge in [0.05, 0.1) is 66.1 Å². The maximum Gasteiger partial charge on any atom is 0.319 e. The van der Waals surface area contributed by atoms with Gasteiger partial charge < -0.3 is 128 Å². The molecule has 0 aromatic heterocycles. The van der Waals surface area contributed by atoms with Crippen LogP contribution < -0.4 is 47.9 Å². The van der Waals surface area contributed by atoms with E-state index in [0.717, 1.165) is 13.0 Å². The fraction of sp³-hybridized carbons (Fsp3) is 0.716. The van der Waals surface area contributed by atoms with E-state index in [1.165, 1.54) is 55.4 Å². The molecule has 6 unspecified atom stereocenters. The molecule has 0 heterocycles. The Kier molecular flexibility index (Phi) is 93.5. The summed E-state index contributed by atoms with van der Waals surface area (Å²) >= 11 is 46.1. The quantitative estimate of drug-likeness (QED) is 0.00262. The first-order valence-corrected chi connectivity index (χ1v) is 43.4. The van der Waals surface area contributed by atoms with Gasteiger partial charge in [-0.2, -0.15) is 51.9 Å². The second-order valence-corrected chi connectivity index (χ2v) is 30.3. The highest BCUT2D eigenvalue weighted by atomic mass is 32.1. The van der Waals surface area contributed by atoms with Crippen LogP contribution in [0.5, 0.6) is 0 Å². The highest BCUT2D eigenvalue weighted by molar-refractivity contribution is 7.81. The third-order valence-corrected chi connectivity index (χ3v) is 17.0. The molecule has 43 nitrogen and oxygen atoms in total. The molecule has 782 valence electrons. The van der Waals surface area contributed by atoms with E-state index in [2.05, 4.69) is 187 Å². The van der Waals surface area contributed by atoms with Gasteiger partial charge >= 0.3 is 23.9 Å². The van der Waals surface area contributed by atoms with E-state index in [1.807, 2.05) is 0 Å². The summed E-state index contributed by atoms with van der Waals surface area (Å²) in [6, 6.07) is 0.